The van der Waals surface area contributed by atoms with Crippen LogP contribution < -0.4 is 15.8 Å². The molecule has 8 nitrogen and oxygen atoms in total. The van der Waals surface area contributed by atoms with Gasteiger partial charge in [-0.25, -0.2) is 0 Å². The minimum Gasteiger partial charge on any atom is -0.395 e. The Balaban J connectivity index is 1.43. The van der Waals surface area contributed by atoms with Crippen LogP contribution in [0.3, 0.4) is 0 Å². The largest absolute Gasteiger partial charge is 0.395 e. The summed E-state index contributed by atoms with van der Waals surface area (Å²) in [6.07, 6.45) is 1.52. The first-order chi connectivity index (χ1) is 17.7. The zero-order valence-electron chi connectivity index (χ0n) is 20.8. The average molecular weight is 517 g/mol. The van der Waals surface area contributed by atoms with Crippen LogP contribution in [0.4, 0.5) is 5.69 Å². The highest BCUT2D eigenvalue weighted by Gasteiger charge is 2.55. The molecule has 0 atom stereocenters. The van der Waals surface area contributed by atoms with Crippen LogP contribution >= 0.6 is 11.8 Å². The fourth-order valence-electron chi connectivity index (χ4n) is 4.80. The minimum absolute atomic E-state index is 0.00876. The van der Waals surface area contributed by atoms with Crippen molar-refractivity contribution in [3.05, 3.63) is 75.6 Å². The summed E-state index contributed by atoms with van der Waals surface area (Å²) < 4.78 is 0.612. The highest BCUT2D eigenvalue weighted by atomic mass is 32.2. The van der Waals surface area contributed by atoms with E-state index in [1.165, 1.54) is 11.8 Å². The van der Waals surface area contributed by atoms with Crippen LogP contribution in [0.1, 0.15) is 48.2 Å². The van der Waals surface area contributed by atoms with Gasteiger partial charge < -0.3 is 19.9 Å². The zero-order valence-corrected chi connectivity index (χ0v) is 21.6. The number of amides is 2. The van der Waals surface area contributed by atoms with E-state index in [1.807, 2.05) is 32.0 Å². The van der Waals surface area contributed by atoms with E-state index in [0.717, 1.165) is 18.4 Å². The van der Waals surface area contributed by atoms with Gasteiger partial charge >= 0.3 is 0 Å². The third-order valence-corrected chi connectivity index (χ3v) is 8.56. The van der Waals surface area contributed by atoms with Crippen molar-refractivity contribution >= 4 is 40.2 Å². The van der Waals surface area contributed by atoms with E-state index in [0.29, 0.717) is 35.2 Å². The molecule has 1 aliphatic heterocycles. The summed E-state index contributed by atoms with van der Waals surface area (Å²) in [5, 5.41) is 22.2. The molecule has 1 aromatic heterocycles. The van der Waals surface area contributed by atoms with Gasteiger partial charge in [0.25, 0.3) is 11.5 Å². The van der Waals surface area contributed by atoms with Gasteiger partial charge in [0.2, 0.25) is 5.91 Å². The molecule has 2 N–H and O–H groups in total. The second kappa shape index (κ2) is 9.36. The molecule has 1 fully saturated rings. The van der Waals surface area contributed by atoms with Gasteiger partial charge in [-0.3, -0.25) is 14.4 Å². The van der Waals surface area contributed by atoms with Gasteiger partial charge in [0, 0.05) is 29.8 Å². The summed E-state index contributed by atoms with van der Waals surface area (Å²) in [7, 11) is 0. The second-order valence-corrected chi connectivity index (χ2v) is 12.3. The molecule has 2 heterocycles. The highest BCUT2D eigenvalue weighted by Crippen LogP contribution is 2.55. The van der Waals surface area contributed by atoms with Gasteiger partial charge in [-0.1, -0.05) is 24.3 Å². The van der Waals surface area contributed by atoms with Crippen molar-refractivity contribution < 1.29 is 14.7 Å². The standard InChI is InChI=1S/C28H28N4O4S/c1-27(2,17-33)37-28(10-11-28)26(36)31-12-13-32-23-20(4-3-5-22(23)31)14-21(25(32)35)24(34)30-16-19-8-6-18(15-29)7-9-19/h3-9,14,33H,10-13,16-17H2,1-2H3,(H,30,34). The molecule has 2 aliphatic rings. The lowest BCUT2D eigenvalue weighted by Gasteiger charge is -2.35. The number of para-hydroxylation sites is 1. The lowest BCUT2D eigenvalue weighted by atomic mass is 10.1. The summed E-state index contributed by atoms with van der Waals surface area (Å²) in [6.45, 7) is 4.71. The number of aromatic nitrogens is 1. The lowest BCUT2D eigenvalue weighted by Crippen LogP contribution is -2.47. The van der Waals surface area contributed by atoms with E-state index >= 15 is 0 Å². The fourth-order valence-corrected chi connectivity index (χ4v) is 6.43. The second-order valence-electron chi connectivity index (χ2n) is 10.2. The Kier molecular flexibility index (Phi) is 6.34. The van der Waals surface area contributed by atoms with Crippen LogP contribution in [0, 0.1) is 11.3 Å². The molecule has 2 amide bonds. The van der Waals surface area contributed by atoms with Crippen LogP contribution in [0.2, 0.25) is 0 Å². The van der Waals surface area contributed by atoms with Gasteiger partial charge in [0.1, 0.15) is 5.56 Å². The van der Waals surface area contributed by atoms with E-state index in [1.54, 1.807) is 39.8 Å². The van der Waals surface area contributed by atoms with E-state index in [2.05, 4.69) is 11.4 Å². The normalized spacial score (nSPS) is 15.8. The highest BCUT2D eigenvalue weighted by molar-refractivity contribution is 8.03. The SMILES string of the molecule is CC(C)(CO)SC1(C(=O)N2CCn3c(=O)c(C(=O)NCc4ccc(C#N)cc4)cc4cccc2c43)CC1. The van der Waals surface area contributed by atoms with Crippen molar-refractivity contribution in [2.24, 2.45) is 0 Å². The zero-order chi connectivity index (χ0) is 26.4. The number of nitrogens with zero attached hydrogens (tertiary/aromatic N) is 3. The first kappa shape index (κ1) is 25.1. The first-order valence-electron chi connectivity index (χ1n) is 12.2. The van der Waals surface area contributed by atoms with E-state index in [-0.39, 0.29) is 30.2 Å². The molecule has 0 bridgehead atoms. The Bertz CT molecular complexity index is 1500. The first-order valence-corrected chi connectivity index (χ1v) is 13.1. The third kappa shape index (κ3) is 4.63. The topological polar surface area (TPSA) is 115 Å². The number of carbonyl (C=O) groups is 2. The predicted octanol–water partition coefficient (Wildman–Crippen LogP) is 3.19. The molecule has 1 aliphatic carbocycles. The molecule has 3 aromatic rings. The van der Waals surface area contributed by atoms with Crippen LogP contribution in [-0.4, -0.2) is 44.1 Å². The van der Waals surface area contributed by atoms with Crippen LogP contribution in [0.15, 0.2) is 53.3 Å². The predicted molar refractivity (Wildman–Crippen MR) is 144 cm³/mol. The van der Waals surface area contributed by atoms with Crippen molar-refractivity contribution in [1.29, 1.82) is 5.26 Å². The Labute approximate surface area is 218 Å². The van der Waals surface area contributed by atoms with Gasteiger partial charge in [-0.05, 0) is 56.5 Å². The van der Waals surface area contributed by atoms with E-state index < -0.39 is 15.4 Å². The molecule has 5 rings (SSSR count). The Morgan fingerprint density at radius 2 is 1.89 bits per heavy atom. The number of anilines is 1. The van der Waals surface area contributed by atoms with Gasteiger partial charge in [0.05, 0.1) is 34.2 Å². The number of carbonyl (C=O) groups excluding carboxylic acids is 2. The molecule has 2 aromatic carbocycles. The molecule has 0 radical (unpaired) electrons. The smallest absolute Gasteiger partial charge is 0.264 e. The number of nitriles is 1. The summed E-state index contributed by atoms with van der Waals surface area (Å²) >= 11 is 1.52. The van der Waals surface area contributed by atoms with Gasteiger partial charge in [-0.2, -0.15) is 5.26 Å². The van der Waals surface area contributed by atoms with Crippen LogP contribution in [0.5, 0.6) is 0 Å². The summed E-state index contributed by atoms with van der Waals surface area (Å²) in [5.74, 6) is -0.460. The van der Waals surface area contributed by atoms with Crippen molar-refractivity contribution in [3.8, 4) is 6.07 Å². The van der Waals surface area contributed by atoms with Gasteiger partial charge in [-0.15, -0.1) is 11.8 Å². The number of aliphatic hydroxyl groups is 1. The lowest BCUT2D eigenvalue weighted by molar-refractivity contribution is -0.118. The van der Waals surface area contributed by atoms with E-state index in [9.17, 15) is 19.5 Å². The molecule has 0 spiro atoms. The van der Waals surface area contributed by atoms with Crippen molar-refractivity contribution in [1.82, 2.24) is 9.88 Å². The number of rotatable bonds is 7. The summed E-state index contributed by atoms with van der Waals surface area (Å²) in [4.78, 5) is 41.8. The fraction of sp³-hybridized carbons (Fsp3) is 0.357. The Morgan fingerprint density at radius 3 is 2.54 bits per heavy atom. The summed E-state index contributed by atoms with van der Waals surface area (Å²) in [5.41, 5.74) is 2.34. The molecule has 0 saturated heterocycles. The quantitative estimate of drug-likeness (QED) is 0.498. The molecule has 1 saturated carbocycles. The number of aliphatic hydroxyl groups excluding tert-OH is 1. The monoisotopic (exact) mass is 516 g/mol. The van der Waals surface area contributed by atoms with Crippen molar-refractivity contribution in [2.75, 3.05) is 18.1 Å². The molecular formula is C28H28N4O4S. The van der Waals surface area contributed by atoms with Crippen molar-refractivity contribution in [3.63, 3.8) is 0 Å². The third-order valence-electron chi connectivity index (χ3n) is 6.90. The Hall–Kier alpha value is -3.61. The maximum atomic E-state index is 13.7. The number of nitrogens with one attached hydrogen (secondary N) is 1. The van der Waals surface area contributed by atoms with Crippen molar-refractivity contribution in [2.45, 2.75) is 49.3 Å². The molecule has 37 heavy (non-hydrogen) atoms. The van der Waals surface area contributed by atoms with Crippen LogP contribution in [-0.2, 0) is 17.9 Å². The maximum absolute atomic E-state index is 13.7. The number of hydrogen-bond donors (Lipinski definition) is 2. The molecular weight excluding hydrogens is 488 g/mol. The molecule has 190 valence electrons. The maximum Gasteiger partial charge on any atom is 0.264 e. The van der Waals surface area contributed by atoms with E-state index in [4.69, 9.17) is 5.26 Å². The minimum atomic E-state index is -0.553. The number of pyridine rings is 1. The average Bonchev–Trinajstić information content (AvgIpc) is 3.68. The number of thioether (sulfide) groups is 1. The Morgan fingerprint density at radius 1 is 1.16 bits per heavy atom. The number of hydrogen-bond acceptors (Lipinski definition) is 6. The number of benzene rings is 2. The van der Waals surface area contributed by atoms with Crippen LogP contribution in [0.25, 0.3) is 10.9 Å². The van der Waals surface area contributed by atoms with Gasteiger partial charge in [0.15, 0.2) is 0 Å². The summed E-state index contributed by atoms with van der Waals surface area (Å²) in [6, 6.07) is 16.1. The molecule has 9 heteroatoms. The molecule has 0 unspecified atom stereocenters.